The minimum absolute atomic E-state index is 0. The van der Waals surface area contributed by atoms with Crippen LogP contribution in [0.4, 0.5) is 149 Å². The molecule has 440 valence electrons. The Morgan fingerprint density at radius 2 is 0.571 bits per heavy atom. The van der Waals surface area contributed by atoms with E-state index >= 15 is 0 Å². The fourth-order valence-electron chi connectivity index (χ4n) is 4.44. The summed E-state index contributed by atoms with van der Waals surface area (Å²) in [5, 5.41) is 0. The van der Waals surface area contributed by atoms with Crippen LogP contribution < -0.4 is 29.0 Å². The van der Waals surface area contributed by atoms with Crippen LogP contribution in [-0.4, -0.2) is 93.6 Å². The average Bonchev–Trinajstić information content (AvgIpc) is 3.21. The second-order valence-electron chi connectivity index (χ2n) is 14.1. The van der Waals surface area contributed by atoms with Gasteiger partial charge in [0.2, 0.25) is 31.3 Å². The zero-order valence-corrected chi connectivity index (χ0v) is 39.6. The zero-order valence-electron chi connectivity index (χ0n) is 34.8. The van der Waals surface area contributed by atoms with Crippen LogP contribution in [0.2, 0.25) is 0 Å². The number of alkyl halides is 30. The minimum atomic E-state index is -8.37. The van der Waals surface area contributed by atoms with Gasteiger partial charge in [0.25, 0.3) is 0 Å². The summed E-state index contributed by atoms with van der Waals surface area (Å²) < 4.78 is 453. The van der Waals surface area contributed by atoms with Gasteiger partial charge in [0.05, 0.1) is 6.16 Å². The summed E-state index contributed by atoms with van der Waals surface area (Å²) in [4.78, 5) is 60.0. The Kier molecular flexibility index (Phi) is 21.3. The molecule has 0 saturated carbocycles. The van der Waals surface area contributed by atoms with Crippen molar-refractivity contribution in [2.45, 2.75) is 96.1 Å². The first-order valence-corrected chi connectivity index (χ1v) is 20.9. The molecule has 0 bridgehead atoms. The van der Waals surface area contributed by atoms with Crippen molar-refractivity contribution in [2.75, 3.05) is 0 Å². The number of benzene rings is 2. The van der Waals surface area contributed by atoms with Crippen LogP contribution in [0.15, 0.2) is 71.8 Å². The van der Waals surface area contributed by atoms with Crippen molar-refractivity contribution in [3.8, 4) is 11.5 Å². The molecule has 77 heavy (non-hydrogen) atoms. The van der Waals surface area contributed by atoms with Gasteiger partial charge >= 0.3 is 103 Å². The first-order valence-electron chi connectivity index (χ1n) is 17.4. The molecular formula is C32H14F34O8P2Zn. The van der Waals surface area contributed by atoms with E-state index in [2.05, 4.69) is 9.47 Å². The van der Waals surface area contributed by atoms with Crippen molar-refractivity contribution < 1.29 is 208 Å². The standard InChI is InChI=1S/2C16H8F17O4P.Zn/c2*17-8(10(19,20)12(23,24)13(25,26)14(27,28)15(29,30)31)9(18)11(21,22)16(32,33)37-7-3-1-6(2-4-7)5-38(34,35)36;/h2*1-4H,5H2,(H2,34,35,36);/q;;+2/p-2/b2*9-8+;. The fraction of sp³-hybridized carbons (Fsp3) is 0.500. The number of halogens is 34. The number of allylic oxidation sites excluding steroid dienone is 2. The molecule has 2 rings (SSSR count). The topological polar surface area (TPSA) is 151 Å². The Morgan fingerprint density at radius 1 is 0.351 bits per heavy atom. The van der Waals surface area contributed by atoms with Crippen LogP contribution in [0, 0.1) is 0 Å². The maximum Gasteiger partial charge on any atom is 2.00 e. The van der Waals surface area contributed by atoms with Gasteiger partial charge in [-0.25, -0.2) is 27.3 Å². The summed E-state index contributed by atoms with van der Waals surface area (Å²) in [7, 11) is -10.0. The smallest absolute Gasteiger partial charge is 0.687 e. The first-order chi connectivity index (χ1) is 32.9. The normalized spacial score (nSPS) is 15.7. The summed E-state index contributed by atoms with van der Waals surface area (Å²) >= 11 is 0. The second kappa shape index (κ2) is 22.4. The molecule has 0 aliphatic heterocycles. The number of hydrogen-bond donors (Lipinski definition) is 2. The van der Waals surface area contributed by atoms with Crippen LogP contribution in [0.3, 0.4) is 0 Å². The molecule has 0 aliphatic carbocycles. The van der Waals surface area contributed by atoms with Crippen LogP contribution in [0.25, 0.3) is 0 Å². The van der Waals surface area contributed by atoms with Crippen molar-refractivity contribution in [1.29, 1.82) is 0 Å². The molecule has 0 saturated heterocycles. The van der Waals surface area contributed by atoms with Gasteiger partial charge in [-0.1, -0.05) is 24.3 Å². The number of rotatable bonds is 20. The number of hydrogen-bond acceptors (Lipinski definition) is 8. The van der Waals surface area contributed by atoms with Crippen molar-refractivity contribution in [3.63, 3.8) is 0 Å². The van der Waals surface area contributed by atoms with Crippen LogP contribution in [-0.2, 0) is 31.8 Å². The van der Waals surface area contributed by atoms with Gasteiger partial charge < -0.3 is 29.0 Å². The summed E-state index contributed by atoms with van der Waals surface area (Å²) in [5.41, 5.74) is -0.854. The van der Waals surface area contributed by atoms with Crippen LogP contribution >= 0.6 is 15.9 Å². The SMILES string of the molecule is [O-][P+](O)(O)Cc1ccc(OC(F)(F)C(F)(F)/C(F)=C(\F)C(F)(F)C(F)(F)C(F)(F)C(F)(F)C(F)(F)F)cc1.[O-][P+]([O-])([O-])Cc1ccc(OC(F)(F)C(F)(F)/C(F)=C(\F)C(F)(F)C(F)(F)C(F)(F)C(F)(F)C(F)(F)F)cc1.[Zn+2]. The molecule has 2 aromatic carbocycles. The quantitative estimate of drug-likeness (QED) is 0.0756. The third kappa shape index (κ3) is 14.3. The van der Waals surface area contributed by atoms with Gasteiger partial charge in [0, 0.05) is 0 Å². The third-order valence-electron chi connectivity index (χ3n) is 8.40. The zero-order chi connectivity index (χ0) is 61.1. The molecule has 0 amide bonds. The van der Waals surface area contributed by atoms with Gasteiger partial charge in [-0.3, -0.25) is 0 Å². The summed E-state index contributed by atoms with van der Waals surface area (Å²) in [6.45, 7) is 0. The molecule has 8 nitrogen and oxygen atoms in total. The fourth-order valence-corrected chi connectivity index (χ4v) is 5.78. The molecule has 0 heterocycles. The van der Waals surface area contributed by atoms with Crippen molar-refractivity contribution >= 4 is 15.9 Å². The van der Waals surface area contributed by atoms with Crippen molar-refractivity contribution in [2.24, 2.45) is 0 Å². The van der Waals surface area contributed by atoms with Gasteiger partial charge in [-0.15, -0.1) is 0 Å². The predicted molar refractivity (Wildman–Crippen MR) is 170 cm³/mol. The monoisotopic (exact) mass is 1300 g/mol. The second-order valence-corrected chi connectivity index (χ2v) is 17.3. The Bertz CT molecular complexity index is 2230. The molecular weight excluding hydrogens is 1290 g/mol. The molecule has 0 aromatic heterocycles. The molecule has 2 aromatic rings. The molecule has 0 unspecified atom stereocenters. The van der Waals surface area contributed by atoms with Gasteiger partial charge in [0.1, 0.15) is 17.7 Å². The van der Waals surface area contributed by atoms with E-state index in [-0.39, 0.29) is 49.3 Å². The van der Waals surface area contributed by atoms with E-state index in [9.17, 15) is 169 Å². The molecule has 0 radical (unpaired) electrons. The van der Waals surface area contributed by atoms with E-state index in [1.165, 1.54) is 0 Å². The maximum atomic E-state index is 13.7. The van der Waals surface area contributed by atoms with E-state index < -0.39 is 152 Å². The Morgan fingerprint density at radius 3 is 0.779 bits per heavy atom. The predicted octanol–water partition coefficient (Wildman–Crippen LogP) is 11.0. The van der Waals surface area contributed by atoms with Gasteiger partial charge in [-0.2, -0.15) is 140 Å². The minimum Gasteiger partial charge on any atom is -0.687 e. The van der Waals surface area contributed by atoms with E-state index in [0.29, 0.717) is 24.3 Å². The average molecular weight is 1300 g/mol. The third-order valence-corrected chi connectivity index (χ3v) is 9.93. The van der Waals surface area contributed by atoms with Crippen LogP contribution in [0.1, 0.15) is 11.1 Å². The summed E-state index contributed by atoms with van der Waals surface area (Å²) in [6, 6.07) is 2.68. The maximum absolute atomic E-state index is 13.7. The number of ether oxygens (including phenoxy) is 2. The Balaban J connectivity index is 0.00000148. The van der Waals surface area contributed by atoms with E-state index in [4.69, 9.17) is 9.79 Å². The van der Waals surface area contributed by atoms with Gasteiger partial charge in [0.15, 0.2) is 0 Å². The van der Waals surface area contributed by atoms with Crippen molar-refractivity contribution in [1.82, 2.24) is 0 Å². The largest absolute Gasteiger partial charge is 2.00 e. The Labute approximate surface area is 414 Å². The molecule has 0 spiro atoms. The first kappa shape index (κ1) is 73.4. The molecule has 0 fully saturated rings. The van der Waals surface area contributed by atoms with E-state index in [1.54, 1.807) is 0 Å². The summed E-state index contributed by atoms with van der Waals surface area (Å²) in [5.74, 6) is -104. The molecule has 0 atom stereocenters. The Hall–Kier alpha value is -3.62. The van der Waals surface area contributed by atoms with Crippen molar-refractivity contribution in [3.05, 3.63) is 83.0 Å². The molecule has 0 aliphatic rings. The van der Waals surface area contributed by atoms with Crippen LogP contribution in [0.5, 0.6) is 11.5 Å². The molecule has 45 heteroatoms. The van der Waals surface area contributed by atoms with E-state index in [0.717, 1.165) is 0 Å². The van der Waals surface area contributed by atoms with Gasteiger partial charge in [-0.05, 0) is 35.4 Å². The molecule has 2 N–H and O–H groups in total. The van der Waals surface area contributed by atoms with E-state index in [1.807, 2.05) is 0 Å². The summed E-state index contributed by atoms with van der Waals surface area (Å²) in [6.07, 6.45) is -31.0.